The van der Waals surface area contributed by atoms with Crippen LogP contribution in [0.4, 0.5) is 4.39 Å². The molecule has 2 aliphatic heterocycles. The fourth-order valence-corrected chi connectivity index (χ4v) is 3.50. The fraction of sp³-hybridized carbons (Fsp3) is 0.333. The molecule has 28 heavy (non-hydrogen) atoms. The van der Waals surface area contributed by atoms with Crippen LogP contribution in [0.5, 0.6) is 5.75 Å². The first kappa shape index (κ1) is 18.4. The minimum absolute atomic E-state index is 0.285. The highest BCUT2D eigenvalue weighted by atomic mass is 19.1. The normalized spacial score (nSPS) is 18.8. The molecule has 0 aromatic heterocycles. The molecule has 4 rings (SSSR count). The molecule has 2 heterocycles. The van der Waals surface area contributed by atoms with Crippen molar-refractivity contribution in [3.63, 3.8) is 0 Å². The van der Waals surface area contributed by atoms with E-state index in [1.54, 1.807) is 6.07 Å². The van der Waals surface area contributed by atoms with Crippen LogP contribution >= 0.6 is 0 Å². The third-order valence-electron chi connectivity index (χ3n) is 4.92. The van der Waals surface area contributed by atoms with Crippen LogP contribution in [0.25, 0.3) is 11.1 Å². The summed E-state index contributed by atoms with van der Waals surface area (Å²) in [6.45, 7) is 1.93. The van der Waals surface area contributed by atoms with Crippen LogP contribution in [-0.2, 0) is 22.6 Å². The summed E-state index contributed by atoms with van der Waals surface area (Å²) in [7, 11) is 0. The number of carbonyl (C=O) groups excluding carboxylic acids is 1. The predicted molar refractivity (Wildman–Crippen MR) is 100 cm³/mol. The number of nitrogens with zero attached hydrogens (tertiary/aromatic N) is 1. The van der Waals surface area contributed by atoms with Gasteiger partial charge in [-0.1, -0.05) is 18.2 Å². The van der Waals surface area contributed by atoms with E-state index in [1.165, 1.54) is 12.1 Å². The molecule has 144 valence electrons. The van der Waals surface area contributed by atoms with E-state index in [4.69, 9.17) is 9.47 Å². The Hall–Kier alpha value is -2.95. The number of hydrogen-bond acceptors (Lipinski definition) is 5. The second-order valence-electron chi connectivity index (χ2n) is 6.88. The first-order valence-corrected chi connectivity index (χ1v) is 9.21. The highest BCUT2D eigenvalue weighted by Crippen LogP contribution is 2.38. The number of rotatable bonds is 4. The number of benzene rings is 2. The third-order valence-corrected chi connectivity index (χ3v) is 4.92. The van der Waals surface area contributed by atoms with Crippen molar-refractivity contribution in [2.45, 2.75) is 25.2 Å². The van der Waals surface area contributed by atoms with Crippen LogP contribution < -0.4 is 15.4 Å². The smallest absolute Gasteiger partial charge is 0.251 e. The van der Waals surface area contributed by atoms with Crippen LogP contribution in [0, 0.1) is 17.1 Å². The van der Waals surface area contributed by atoms with Crippen molar-refractivity contribution in [3.05, 3.63) is 53.3 Å². The molecule has 1 saturated heterocycles. The molecule has 0 spiro atoms. The van der Waals surface area contributed by atoms with Gasteiger partial charge in [-0.3, -0.25) is 4.79 Å². The van der Waals surface area contributed by atoms with Crippen molar-refractivity contribution in [2.24, 2.45) is 0 Å². The Kier molecular flexibility index (Phi) is 5.24. The number of ether oxygens (including phenoxy) is 2. The van der Waals surface area contributed by atoms with E-state index in [0.717, 1.165) is 28.8 Å². The summed E-state index contributed by atoms with van der Waals surface area (Å²) in [4.78, 5) is 12.3. The average molecular weight is 381 g/mol. The van der Waals surface area contributed by atoms with Crippen LogP contribution in [-0.4, -0.2) is 37.7 Å². The molecule has 6 nitrogen and oxygen atoms in total. The van der Waals surface area contributed by atoms with Gasteiger partial charge in [-0.2, -0.15) is 5.26 Å². The molecule has 2 aromatic rings. The largest absolute Gasteiger partial charge is 0.488 e. The molecular formula is C21H20FN3O3. The minimum Gasteiger partial charge on any atom is -0.488 e. The van der Waals surface area contributed by atoms with E-state index >= 15 is 0 Å². The Morgan fingerprint density at radius 1 is 1.32 bits per heavy atom. The number of amides is 1. The Bertz CT molecular complexity index is 935. The molecule has 0 unspecified atom stereocenters. The zero-order chi connectivity index (χ0) is 19.5. The second kappa shape index (κ2) is 7.97. The maximum Gasteiger partial charge on any atom is 0.251 e. The van der Waals surface area contributed by atoms with Gasteiger partial charge in [0, 0.05) is 30.6 Å². The number of nitrogens with one attached hydrogen (secondary N) is 2. The summed E-state index contributed by atoms with van der Waals surface area (Å²) in [6, 6.07) is 11.8. The number of morpholine rings is 1. The monoisotopic (exact) mass is 381 g/mol. The van der Waals surface area contributed by atoms with Gasteiger partial charge in [-0.25, -0.2) is 4.39 Å². The molecule has 0 saturated carbocycles. The second-order valence-corrected chi connectivity index (χ2v) is 6.88. The Morgan fingerprint density at radius 3 is 2.96 bits per heavy atom. The summed E-state index contributed by atoms with van der Waals surface area (Å²) in [5.74, 6) is 0.121. The molecule has 2 aliphatic rings. The zero-order valence-corrected chi connectivity index (χ0v) is 15.2. The first-order valence-electron chi connectivity index (χ1n) is 9.21. The van der Waals surface area contributed by atoms with Gasteiger partial charge in [-0.15, -0.1) is 0 Å². The Labute approximate surface area is 162 Å². The van der Waals surface area contributed by atoms with Crippen molar-refractivity contribution in [3.8, 4) is 22.9 Å². The quantitative estimate of drug-likeness (QED) is 0.846. The van der Waals surface area contributed by atoms with Crippen LogP contribution in [0.1, 0.15) is 11.1 Å². The first-order chi connectivity index (χ1) is 13.6. The topological polar surface area (TPSA) is 83.4 Å². The van der Waals surface area contributed by atoms with Crippen molar-refractivity contribution in [1.29, 1.82) is 5.26 Å². The van der Waals surface area contributed by atoms with E-state index < -0.39 is 12.1 Å². The van der Waals surface area contributed by atoms with Gasteiger partial charge < -0.3 is 20.1 Å². The number of nitriles is 1. The molecule has 2 aromatic carbocycles. The van der Waals surface area contributed by atoms with E-state index in [9.17, 15) is 14.4 Å². The van der Waals surface area contributed by atoms with Gasteiger partial charge in [0.05, 0.1) is 12.7 Å². The Morgan fingerprint density at radius 2 is 2.18 bits per heavy atom. The highest BCUT2D eigenvalue weighted by Gasteiger charge is 2.25. The van der Waals surface area contributed by atoms with Gasteiger partial charge in [0.15, 0.2) is 0 Å². The molecule has 0 aliphatic carbocycles. The molecule has 1 fully saturated rings. The molecule has 1 amide bonds. The van der Waals surface area contributed by atoms with Crippen molar-refractivity contribution in [1.82, 2.24) is 10.6 Å². The fourth-order valence-electron chi connectivity index (χ4n) is 3.50. The van der Waals surface area contributed by atoms with E-state index in [0.29, 0.717) is 31.9 Å². The molecule has 0 bridgehead atoms. The van der Waals surface area contributed by atoms with E-state index in [1.807, 2.05) is 18.2 Å². The maximum atomic E-state index is 13.4. The average Bonchev–Trinajstić information content (AvgIpc) is 2.73. The summed E-state index contributed by atoms with van der Waals surface area (Å²) in [5, 5.41) is 15.3. The van der Waals surface area contributed by atoms with Crippen molar-refractivity contribution >= 4 is 5.91 Å². The molecule has 2 N–H and O–H groups in total. The van der Waals surface area contributed by atoms with Crippen molar-refractivity contribution < 1.29 is 18.7 Å². The molecule has 0 radical (unpaired) electrons. The van der Waals surface area contributed by atoms with Crippen molar-refractivity contribution in [2.75, 3.05) is 19.7 Å². The SMILES string of the molecule is N#C[C@H](Cc1ccc2c(c1)OCc1cc(F)ccc1-2)NC(=O)[C@@H]1CNCCO1. The summed E-state index contributed by atoms with van der Waals surface area (Å²) < 4.78 is 24.6. The van der Waals surface area contributed by atoms with Crippen LogP contribution in [0.15, 0.2) is 36.4 Å². The van der Waals surface area contributed by atoms with Gasteiger partial charge in [0.25, 0.3) is 5.91 Å². The third kappa shape index (κ3) is 3.84. The van der Waals surface area contributed by atoms with Gasteiger partial charge >= 0.3 is 0 Å². The highest BCUT2D eigenvalue weighted by molar-refractivity contribution is 5.82. The number of hydrogen-bond donors (Lipinski definition) is 2. The maximum absolute atomic E-state index is 13.4. The lowest BCUT2D eigenvalue weighted by Gasteiger charge is -2.24. The van der Waals surface area contributed by atoms with E-state index in [2.05, 4.69) is 16.7 Å². The van der Waals surface area contributed by atoms with E-state index in [-0.39, 0.29) is 11.7 Å². The standard InChI is InChI=1S/C21H20FN3O3/c22-15-2-4-17-14(9-15)12-28-19-8-13(1-3-18(17)19)7-16(10-23)25-21(26)20-11-24-5-6-27-20/h1-4,8-9,16,20,24H,5-7,11-12H2,(H,25,26)/t16-,20-/m0/s1. The van der Waals surface area contributed by atoms with Gasteiger partial charge in [0.1, 0.15) is 30.3 Å². The molecule has 2 atom stereocenters. The minimum atomic E-state index is -0.666. The lowest BCUT2D eigenvalue weighted by molar-refractivity contribution is -0.134. The lowest BCUT2D eigenvalue weighted by Crippen LogP contribution is -2.50. The lowest BCUT2D eigenvalue weighted by atomic mass is 9.94. The summed E-state index contributed by atoms with van der Waals surface area (Å²) in [5.41, 5.74) is 3.52. The zero-order valence-electron chi connectivity index (χ0n) is 15.2. The number of carbonyl (C=O) groups is 1. The Balaban J connectivity index is 1.47. The number of fused-ring (bicyclic) bond motifs is 3. The van der Waals surface area contributed by atoms with Gasteiger partial charge in [0.2, 0.25) is 0 Å². The molecule has 7 heteroatoms. The van der Waals surface area contributed by atoms with Crippen LogP contribution in [0.2, 0.25) is 0 Å². The number of halogens is 1. The summed E-state index contributed by atoms with van der Waals surface area (Å²) in [6.07, 6.45) is -0.219. The van der Waals surface area contributed by atoms with Crippen LogP contribution in [0.3, 0.4) is 0 Å². The molecular weight excluding hydrogens is 361 g/mol. The van der Waals surface area contributed by atoms with Gasteiger partial charge in [-0.05, 0) is 29.3 Å². The predicted octanol–water partition coefficient (Wildman–Crippen LogP) is 1.92. The summed E-state index contributed by atoms with van der Waals surface area (Å²) >= 11 is 0.